The molecule has 0 atom stereocenters. The molecule has 0 radical (unpaired) electrons. The summed E-state index contributed by atoms with van der Waals surface area (Å²) in [6.07, 6.45) is -3.09. The number of nitrogens with zero attached hydrogens (tertiary/aromatic N) is 2. The molecule has 29 heavy (non-hydrogen) atoms. The number of amides is 1. The Bertz CT molecular complexity index is 857. The van der Waals surface area contributed by atoms with E-state index in [-0.39, 0.29) is 24.2 Å². The number of alkyl halides is 3. The number of hydrogen-bond donors (Lipinski definition) is 0. The molecule has 9 heteroatoms. The zero-order chi connectivity index (χ0) is 21.0. The van der Waals surface area contributed by atoms with Gasteiger partial charge in [-0.1, -0.05) is 12.1 Å². The topological polar surface area (TPSA) is 59.5 Å². The highest BCUT2D eigenvalue weighted by atomic mass is 32.1. The Hall–Kier alpha value is -2.42. The molecule has 0 unspecified atom stereocenters. The SMILES string of the molecule is CCOC(=O)C1CCN(C(=O)Cc2csc(-c3ccc(C(F)(F)F)cc3)n2)CC1. The summed E-state index contributed by atoms with van der Waals surface area (Å²) in [5, 5.41) is 2.32. The molecule has 1 fully saturated rings. The molecule has 1 aliphatic heterocycles. The number of thiazole rings is 1. The quantitative estimate of drug-likeness (QED) is 0.674. The molecule has 0 aliphatic carbocycles. The van der Waals surface area contributed by atoms with Crippen LogP contribution in [-0.4, -0.2) is 41.5 Å². The lowest BCUT2D eigenvalue weighted by atomic mass is 9.97. The first-order valence-corrected chi connectivity index (χ1v) is 10.2. The van der Waals surface area contributed by atoms with Gasteiger partial charge in [0.1, 0.15) is 5.01 Å². The minimum Gasteiger partial charge on any atom is -0.466 e. The summed E-state index contributed by atoms with van der Waals surface area (Å²) < 4.78 is 43.0. The summed E-state index contributed by atoms with van der Waals surface area (Å²) in [7, 11) is 0. The van der Waals surface area contributed by atoms with Crippen LogP contribution in [0.3, 0.4) is 0 Å². The van der Waals surface area contributed by atoms with Crippen LogP contribution in [-0.2, 0) is 26.9 Å². The van der Waals surface area contributed by atoms with Gasteiger partial charge in [-0.2, -0.15) is 13.2 Å². The zero-order valence-electron chi connectivity index (χ0n) is 15.9. The Balaban J connectivity index is 1.56. The van der Waals surface area contributed by atoms with Crippen molar-refractivity contribution in [2.24, 2.45) is 5.92 Å². The third-order valence-electron chi connectivity index (χ3n) is 4.81. The average Bonchev–Trinajstić information content (AvgIpc) is 3.16. The predicted molar refractivity (Wildman–Crippen MR) is 102 cm³/mol. The number of esters is 1. The molecule has 1 saturated heterocycles. The fourth-order valence-corrected chi connectivity index (χ4v) is 4.04. The second kappa shape index (κ2) is 8.94. The molecular formula is C20H21F3N2O3S. The van der Waals surface area contributed by atoms with E-state index in [4.69, 9.17) is 4.74 Å². The second-order valence-electron chi connectivity index (χ2n) is 6.80. The standard InChI is InChI=1S/C20H21F3N2O3S/c1-2-28-19(27)14-7-9-25(10-8-14)17(26)11-16-12-29-18(24-16)13-3-5-15(6-4-13)20(21,22)23/h3-6,12,14H,2,7-11H2,1H3. The van der Waals surface area contributed by atoms with Crippen molar-refractivity contribution in [1.82, 2.24) is 9.88 Å². The van der Waals surface area contributed by atoms with Gasteiger partial charge in [-0.15, -0.1) is 11.3 Å². The van der Waals surface area contributed by atoms with Crippen molar-refractivity contribution in [3.05, 3.63) is 40.9 Å². The minimum absolute atomic E-state index is 0.0726. The van der Waals surface area contributed by atoms with Crippen molar-refractivity contribution >= 4 is 23.2 Å². The first kappa shape index (κ1) is 21.3. The number of carbonyl (C=O) groups is 2. The average molecular weight is 426 g/mol. The monoisotopic (exact) mass is 426 g/mol. The van der Waals surface area contributed by atoms with Crippen molar-refractivity contribution in [2.75, 3.05) is 19.7 Å². The third-order valence-corrected chi connectivity index (χ3v) is 5.75. The summed E-state index contributed by atoms with van der Waals surface area (Å²) in [5.41, 5.74) is 0.457. The highest BCUT2D eigenvalue weighted by molar-refractivity contribution is 7.13. The van der Waals surface area contributed by atoms with Gasteiger partial charge in [-0.25, -0.2) is 4.98 Å². The van der Waals surface area contributed by atoms with Crippen LogP contribution in [0.4, 0.5) is 13.2 Å². The fraction of sp³-hybridized carbons (Fsp3) is 0.450. The van der Waals surface area contributed by atoms with Crippen LogP contribution in [0.2, 0.25) is 0 Å². The number of carbonyl (C=O) groups excluding carboxylic acids is 2. The molecule has 1 aromatic carbocycles. The van der Waals surface area contributed by atoms with Crippen LogP contribution in [0, 0.1) is 5.92 Å². The van der Waals surface area contributed by atoms with E-state index in [0.717, 1.165) is 12.1 Å². The largest absolute Gasteiger partial charge is 0.466 e. The van der Waals surface area contributed by atoms with Gasteiger partial charge in [0.05, 0.1) is 30.2 Å². The number of piperidine rings is 1. The van der Waals surface area contributed by atoms with Crippen LogP contribution in [0.5, 0.6) is 0 Å². The summed E-state index contributed by atoms with van der Waals surface area (Å²) in [6.45, 7) is 3.11. The van der Waals surface area contributed by atoms with E-state index in [1.807, 2.05) is 0 Å². The van der Waals surface area contributed by atoms with Crippen LogP contribution in [0.25, 0.3) is 10.6 Å². The van der Waals surface area contributed by atoms with Crippen molar-refractivity contribution < 1.29 is 27.5 Å². The van der Waals surface area contributed by atoms with E-state index in [2.05, 4.69) is 4.98 Å². The molecule has 156 valence electrons. The smallest absolute Gasteiger partial charge is 0.416 e. The van der Waals surface area contributed by atoms with E-state index in [1.54, 1.807) is 17.2 Å². The number of likely N-dealkylation sites (tertiary alicyclic amines) is 1. The maximum atomic E-state index is 12.7. The normalized spacial score (nSPS) is 15.4. The molecule has 0 saturated carbocycles. The summed E-state index contributed by atoms with van der Waals surface area (Å²) in [6, 6.07) is 4.81. The lowest BCUT2D eigenvalue weighted by Gasteiger charge is -2.30. The number of halogens is 3. The van der Waals surface area contributed by atoms with E-state index in [1.165, 1.54) is 23.5 Å². The van der Waals surface area contributed by atoms with E-state index in [0.29, 0.717) is 48.8 Å². The first-order valence-electron chi connectivity index (χ1n) is 9.34. The Morgan fingerprint density at radius 3 is 2.45 bits per heavy atom. The molecule has 1 aromatic heterocycles. The Morgan fingerprint density at radius 2 is 1.86 bits per heavy atom. The van der Waals surface area contributed by atoms with Crippen LogP contribution < -0.4 is 0 Å². The highest BCUT2D eigenvalue weighted by Crippen LogP contribution is 2.32. The van der Waals surface area contributed by atoms with Crippen molar-refractivity contribution in [1.29, 1.82) is 0 Å². The maximum Gasteiger partial charge on any atom is 0.416 e. The summed E-state index contributed by atoms with van der Waals surface area (Å²) >= 11 is 1.29. The van der Waals surface area contributed by atoms with Crippen LogP contribution in [0.15, 0.2) is 29.6 Å². The Kier molecular flexibility index (Phi) is 6.56. The van der Waals surface area contributed by atoms with E-state index >= 15 is 0 Å². The predicted octanol–water partition coefficient (Wildman–Crippen LogP) is 4.17. The molecule has 5 nitrogen and oxygen atoms in total. The van der Waals surface area contributed by atoms with Crippen molar-refractivity contribution in [3.63, 3.8) is 0 Å². The lowest BCUT2D eigenvalue weighted by Crippen LogP contribution is -2.41. The lowest BCUT2D eigenvalue weighted by molar-refractivity contribution is -0.151. The molecule has 1 amide bonds. The number of hydrogen-bond acceptors (Lipinski definition) is 5. The third kappa shape index (κ3) is 5.35. The molecule has 0 N–H and O–H groups in total. The minimum atomic E-state index is -4.38. The first-order chi connectivity index (χ1) is 13.8. The van der Waals surface area contributed by atoms with Crippen LogP contribution in [0.1, 0.15) is 31.0 Å². The molecule has 2 heterocycles. The van der Waals surface area contributed by atoms with Gasteiger partial charge in [0, 0.05) is 24.0 Å². The molecule has 3 rings (SSSR count). The van der Waals surface area contributed by atoms with Gasteiger partial charge in [0.15, 0.2) is 0 Å². The number of aromatic nitrogens is 1. The van der Waals surface area contributed by atoms with Gasteiger partial charge < -0.3 is 9.64 Å². The van der Waals surface area contributed by atoms with E-state index < -0.39 is 11.7 Å². The molecule has 0 bridgehead atoms. The second-order valence-corrected chi connectivity index (χ2v) is 7.66. The maximum absolute atomic E-state index is 12.7. The molecule has 2 aromatic rings. The zero-order valence-corrected chi connectivity index (χ0v) is 16.7. The number of ether oxygens (including phenoxy) is 1. The summed E-state index contributed by atoms with van der Waals surface area (Å²) in [5.74, 6) is -0.443. The summed E-state index contributed by atoms with van der Waals surface area (Å²) in [4.78, 5) is 30.4. The van der Waals surface area contributed by atoms with Gasteiger partial charge in [0.2, 0.25) is 5.91 Å². The Labute approximate surface area is 170 Å². The van der Waals surface area contributed by atoms with Crippen molar-refractivity contribution in [3.8, 4) is 10.6 Å². The number of rotatable bonds is 5. The molecule has 0 spiro atoms. The number of benzene rings is 1. The van der Waals surface area contributed by atoms with E-state index in [9.17, 15) is 22.8 Å². The van der Waals surface area contributed by atoms with Gasteiger partial charge in [-0.3, -0.25) is 9.59 Å². The Morgan fingerprint density at radius 1 is 1.21 bits per heavy atom. The van der Waals surface area contributed by atoms with Crippen molar-refractivity contribution in [2.45, 2.75) is 32.4 Å². The van der Waals surface area contributed by atoms with Gasteiger partial charge >= 0.3 is 12.1 Å². The fourth-order valence-electron chi connectivity index (χ4n) is 3.21. The molecular weight excluding hydrogens is 405 g/mol. The van der Waals surface area contributed by atoms with Crippen LogP contribution >= 0.6 is 11.3 Å². The highest BCUT2D eigenvalue weighted by Gasteiger charge is 2.30. The van der Waals surface area contributed by atoms with Gasteiger partial charge in [-0.05, 0) is 31.9 Å². The molecule has 1 aliphatic rings. The van der Waals surface area contributed by atoms with Gasteiger partial charge in [0.25, 0.3) is 0 Å².